The highest BCUT2D eigenvalue weighted by Crippen LogP contribution is 2.35. The fourth-order valence-electron chi connectivity index (χ4n) is 3.17. The third-order valence-electron chi connectivity index (χ3n) is 4.73. The number of nitrogens with zero attached hydrogens (tertiary/aromatic N) is 4. The van der Waals surface area contributed by atoms with Gasteiger partial charge in [0.15, 0.2) is 11.8 Å². The maximum atomic E-state index is 5.90. The summed E-state index contributed by atoms with van der Waals surface area (Å²) in [4.78, 5) is 4.72. The van der Waals surface area contributed by atoms with Crippen LogP contribution in [0.5, 0.6) is 11.5 Å². The fourth-order valence-corrected chi connectivity index (χ4v) is 3.17. The molecule has 8 heteroatoms. The fraction of sp³-hybridized carbons (Fsp3) is 0.550. The molecule has 3 rings (SSSR count). The maximum Gasteiger partial charge on any atom is 0.191 e. The van der Waals surface area contributed by atoms with Gasteiger partial charge < -0.3 is 24.7 Å². The van der Waals surface area contributed by atoms with Crippen molar-refractivity contribution < 1.29 is 9.47 Å². The molecule has 0 saturated heterocycles. The van der Waals surface area contributed by atoms with Crippen LogP contribution in [0.4, 0.5) is 0 Å². The van der Waals surface area contributed by atoms with Gasteiger partial charge in [-0.2, -0.15) is 0 Å². The number of hydrogen-bond donors (Lipinski definition) is 2. The molecule has 0 saturated carbocycles. The number of fused-ring (bicyclic) bond motifs is 1. The highest BCUT2D eigenvalue weighted by molar-refractivity contribution is 5.79. The zero-order chi connectivity index (χ0) is 20.1. The summed E-state index contributed by atoms with van der Waals surface area (Å²) >= 11 is 0. The molecule has 0 aliphatic carbocycles. The van der Waals surface area contributed by atoms with Crippen LogP contribution in [-0.2, 0) is 26.6 Å². The molecule has 0 amide bonds. The number of nitrogens with one attached hydrogen (secondary N) is 2. The molecule has 8 nitrogen and oxygen atoms in total. The van der Waals surface area contributed by atoms with Gasteiger partial charge in [0.25, 0.3) is 0 Å². The SMILES string of the molecule is CCNC(=NCc1cc2c(cc1OCC)CC(C)O2)NCc1nnc(C)n1C. The van der Waals surface area contributed by atoms with Gasteiger partial charge in [-0.15, -0.1) is 10.2 Å². The minimum atomic E-state index is 0.206. The van der Waals surface area contributed by atoms with E-state index in [-0.39, 0.29) is 6.10 Å². The van der Waals surface area contributed by atoms with Gasteiger partial charge in [-0.25, -0.2) is 4.99 Å². The number of aromatic nitrogens is 3. The predicted octanol–water partition coefficient (Wildman–Crippen LogP) is 2.10. The number of aliphatic imine (C=N–C) groups is 1. The second-order valence-corrected chi connectivity index (χ2v) is 6.90. The van der Waals surface area contributed by atoms with E-state index in [9.17, 15) is 0 Å². The molecule has 0 radical (unpaired) electrons. The Bertz CT molecular complexity index is 845. The lowest BCUT2D eigenvalue weighted by molar-refractivity contribution is 0.254. The van der Waals surface area contributed by atoms with Gasteiger partial charge in [0.1, 0.15) is 23.4 Å². The summed E-state index contributed by atoms with van der Waals surface area (Å²) in [7, 11) is 1.95. The lowest BCUT2D eigenvalue weighted by Gasteiger charge is -2.13. The van der Waals surface area contributed by atoms with Gasteiger partial charge in [-0.05, 0) is 39.8 Å². The molecule has 2 aromatic rings. The third kappa shape index (κ3) is 4.55. The lowest BCUT2D eigenvalue weighted by atomic mass is 10.1. The molecule has 1 aromatic heterocycles. The van der Waals surface area contributed by atoms with Crippen LogP contribution in [0, 0.1) is 6.92 Å². The van der Waals surface area contributed by atoms with Crippen LogP contribution in [0.3, 0.4) is 0 Å². The van der Waals surface area contributed by atoms with Crippen molar-refractivity contribution >= 4 is 5.96 Å². The van der Waals surface area contributed by atoms with E-state index < -0.39 is 0 Å². The molecule has 1 aliphatic heterocycles. The van der Waals surface area contributed by atoms with Crippen molar-refractivity contribution in [3.63, 3.8) is 0 Å². The third-order valence-corrected chi connectivity index (χ3v) is 4.73. The molecule has 0 fully saturated rings. The topological polar surface area (TPSA) is 85.6 Å². The Morgan fingerprint density at radius 3 is 2.82 bits per heavy atom. The van der Waals surface area contributed by atoms with E-state index in [0.29, 0.717) is 19.7 Å². The van der Waals surface area contributed by atoms with Crippen molar-refractivity contribution in [2.24, 2.45) is 12.0 Å². The summed E-state index contributed by atoms with van der Waals surface area (Å²) in [6.45, 7) is 10.5. The van der Waals surface area contributed by atoms with Crippen molar-refractivity contribution in [2.45, 2.75) is 53.3 Å². The summed E-state index contributed by atoms with van der Waals surface area (Å²) in [5.41, 5.74) is 2.22. The smallest absolute Gasteiger partial charge is 0.191 e. The van der Waals surface area contributed by atoms with Crippen LogP contribution in [0.1, 0.15) is 43.5 Å². The Hall–Kier alpha value is -2.77. The van der Waals surface area contributed by atoms with Gasteiger partial charge in [0.2, 0.25) is 0 Å². The normalized spacial score (nSPS) is 15.9. The number of benzene rings is 1. The van der Waals surface area contributed by atoms with E-state index >= 15 is 0 Å². The Kier molecular flexibility index (Phi) is 6.38. The molecule has 1 aliphatic rings. The molecule has 1 atom stereocenters. The molecule has 0 spiro atoms. The highest BCUT2D eigenvalue weighted by atomic mass is 16.5. The van der Waals surface area contributed by atoms with E-state index in [1.165, 1.54) is 5.56 Å². The second-order valence-electron chi connectivity index (χ2n) is 6.90. The maximum absolute atomic E-state index is 5.90. The minimum absolute atomic E-state index is 0.206. The number of ether oxygens (including phenoxy) is 2. The number of rotatable bonds is 7. The molecule has 152 valence electrons. The van der Waals surface area contributed by atoms with Crippen LogP contribution >= 0.6 is 0 Å². The molecule has 2 heterocycles. The van der Waals surface area contributed by atoms with E-state index in [1.807, 2.05) is 32.4 Å². The monoisotopic (exact) mass is 386 g/mol. The number of guanidine groups is 1. The predicted molar refractivity (Wildman–Crippen MR) is 109 cm³/mol. The Morgan fingerprint density at radius 1 is 1.32 bits per heavy atom. The Labute approximate surface area is 166 Å². The van der Waals surface area contributed by atoms with Crippen molar-refractivity contribution in [3.8, 4) is 11.5 Å². The van der Waals surface area contributed by atoms with Crippen LogP contribution < -0.4 is 20.1 Å². The first-order valence-corrected chi connectivity index (χ1v) is 9.84. The van der Waals surface area contributed by atoms with E-state index in [2.05, 4.69) is 39.9 Å². The van der Waals surface area contributed by atoms with Gasteiger partial charge in [0, 0.05) is 31.1 Å². The van der Waals surface area contributed by atoms with Gasteiger partial charge >= 0.3 is 0 Å². The summed E-state index contributed by atoms with van der Waals surface area (Å²) in [5, 5.41) is 14.9. The minimum Gasteiger partial charge on any atom is -0.494 e. The summed E-state index contributed by atoms with van der Waals surface area (Å²) in [6, 6.07) is 4.15. The van der Waals surface area contributed by atoms with Crippen LogP contribution in [-0.4, -0.2) is 40.0 Å². The van der Waals surface area contributed by atoms with Crippen LogP contribution in [0.25, 0.3) is 0 Å². The molecule has 1 aromatic carbocycles. The second kappa shape index (κ2) is 8.95. The van der Waals surface area contributed by atoms with Gasteiger partial charge in [-0.3, -0.25) is 0 Å². The first kappa shape index (κ1) is 20.0. The largest absolute Gasteiger partial charge is 0.494 e. The van der Waals surface area contributed by atoms with E-state index in [4.69, 9.17) is 14.5 Å². The number of hydrogen-bond acceptors (Lipinski definition) is 5. The standard InChI is InChI=1S/C20H30N6O2/c1-6-21-20(23-12-19-25-24-14(4)26(19)5)22-11-16-10-18-15(8-13(3)28-18)9-17(16)27-7-2/h9-10,13H,6-8,11-12H2,1-5H3,(H2,21,22,23). The van der Waals surface area contributed by atoms with Crippen molar-refractivity contribution in [2.75, 3.05) is 13.2 Å². The summed E-state index contributed by atoms with van der Waals surface area (Å²) in [6.07, 6.45) is 1.12. The zero-order valence-electron chi connectivity index (χ0n) is 17.4. The molecule has 1 unspecified atom stereocenters. The molecule has 28 heavy (non-hydrogen) atoms. The highest BCUT2D eigenvalue weighted by Gasteiger charge is 2.21. The molecule has 2 N–H and O–H groups in total. The molecular weight excluding hydrogens is 356 g/mol. The van der Waals surface area contributed by atoms with E-state index in [0.717, 1.165) is 47.6 Å². The van der Waals surface area contributed by atoms with Gasteiger partial charge in [-0.1, -0.05) is 0 Å². The summed E-state index contributed by atoms with van der Waals surface area (Å²) in [5.74, 6) is 4.28. The zero-order valence-corrected chi connectivity index (χ0v) is 17.4. The summed E-state index contributed by atoms with van der Waals surface area (Å²) < 4.78 is 13.7. The quantitative estimate of drug-likeness (QED) is 0.560. The lowest BCUT2D eigenvalue weighted by Crippen LogP contribution is -2.37. The Balaban J connectivity index is 1.75. The average Bonchev–Trinajstić information content (AvgIpc) is 3.19. The van der Waals surface area contributed by atoms with Crippen molar-refractivity contribution in [1.82, 2.24) is 25.4 Å². The Morgan fingerprint density at radius 2 is 2.14 bits per heavy atom. The van der Waals surface area contributed by atoms with Crippen molar-refractivity contribution in [1.29, 1.82) is 0 Å². The first-order chi connectivity index (χ1) is 13.5. The van der Waals surface area contributed by atoms with E-state index in [1.54, 1.807) is 0 Å². The number of aryl methyl sites for hydroxylation is 1. The molecular formula is C20H30N6O2. The van der Waals surface area contributed by atoms with Crippen LogP contribution in [0.2, 0.25) is 0 Å². The molecule has 0 bridgehead atoms. The van der Waals surface area contributed by atoms with Crippen molar-refractivity contribution in [3.05, 3.63) is 34.9 Å². The van der Waals surface area contributed by atoms with Gasteiger partial charge in [0.05, 0.1) is 19.7 Å². The first-order valence-electron chi connectivity index (χ1n) is 9.84. The van der Waals surface area contributed by atoms with Crippen LogP contribution in [0.15, 0.2) is 17.1 Å². The average molecular weight is 387 g/mol.